The van der Waals surface area contributed by atoms with Crippen molar-refractivity contribution < 1.29 is 4.39 Å². The fourth-order valence-corrected chi connectivity index (χ4v) is 4.00. The maximum atomic E-state index is 13.9. The summed E-state index contributed by atoms with van der Waals surface area (Å²) in [5, 5.41) is 7.36. The number of benzene rings is 1. The first-order valence-corrected chi connectivity index (χ1v) is 9.26. The predicted molar refractivity (Wildman–Crippen MR) is 99.9 cm³/mol. The lowest BCUT2D eigenvalue weighted by atomic mass is 9.91. The summed E-state index contributed by atoms with van der Waals surface area (Å²) in [5.74, 6) is 1.13. The number of rotatable bonds is 4. The van der Waals surface area contributed by atoms with Crippen LogP contribution in [0.2, 0.25) is 0 Å². The second kappa shape index (κ2) is 7.29. The van der Waals surface area contributed by atoms with Crippen LogP contribution in [0.3, 0.4) is 0 Å². The average Bonchev–Trinajstić information content (AvgIpc) is 3.11. The minimum absolute atomic E-state index is 0.233. The molecule has 0 saturated carbocycles. The molecule has 4 rings (SSSR count). The summed E-state index contributed by atoms with van der Waals surface area (Å²) in [6.45, 7) is 2.13. The SMILES string of the molecule is Fc1ccccc1-c1cnc(Nc2cc(C3CCNCC3)ccn2)s1. The Hall–Kier alpha value is -2.31. The van der Waals surface area contributed by atoms with E-state index < -0.39 is 0 Å². The first-order valence-electron chi connectivity index (χ1n) is 8.44. The fourth-order valence-electron chi connectivity index (χ4n) is 3.15. The molecular weight excluding hydrogens is 335 g/mol. The van der Waals surface area contributed by atoms with Crippen molar-refractivity contribution in [3.05, 3.63) is 60.2 Å². The van der Waals surface area contributed by atoms with Crippen molar-refractivity contribution in [3.8, 4) is 10.4 Å². The molecule has 128 valence electrons. The molecule has 2 aromatic heterocycles. The third-order valence-corrected chi connectivity index (χ3v) is 5.42. The van der Waals surface area contributed by atoms with Gasteiger partial charge >= 0.3 is 0 Å². The largest absolute Gasteiger partial charge is 0.317 e. The van der Waals surface area contributed by atoms with E-state index in [-0.39, 0.29) is 5.82 Å². The van der Waals surface area contributed by atoms with Crippen LogP contribution in [-0.4, -0.2) is 23.1 Å². The van der Waals surface area contributed by atoms with Gasteiger partial charge in [0.25, 0.3) is 0 Å². The summed E-state index contributed by atoms with van der Waals surface area (Å²) in [4.78, 5) is 9.56. The molecule has 3 heterocycles. The van der Waals surface area contributed by atoms with Gasteiger partial charge in [0.15, 0.2) is 5.13 Å². The van der Waals surface area contributed by atoms with Crippen LogP contribution in [0.15, 0.2) is 48.8 Å². The van der Waals surface area contributed by atoms with Gasteiger partial charge in [-0.3, -0.25) is 0 Å². The number of hydrogen-bond donors (Lipinski definition) is 2. The van der Waals surface area contributed by atoms with Crippen LogP contribution in [0, 0.1) is 5.82 Å². The number of pyridine rings is 1. The van der Waals surface area contributed by atoms with E-state index in [4.69, 9.17) is 0 Å². The number of aromatic nitrogens is 2. The van der Waals surface area contributed by atoms with Gasteiger partial charge in [-0.05, 0) is 55.6 Å². The number of nitrogens with one attached hydrogen (secondary N) is 2. The molecule has 25 heavy (non-hydrogen) atoms. The Morgan fingerprint density at radius 1 is 1.12 bits per heavy atom. The molecule has 1 fully saturated rings. The maximum Gasteiger partial charge on any atom is 0.188 e. The van der Waals surface area contributed by atoms with E-state index in [0.717, 1.165) is 36.6 Å². The lowest BCUT2D eigenvalue weighted by Crippen LogP contribution is -2.26. The summed E-state index contributed by atoms with van der Waals surface area (Å²) in [6, 6.07) is 10.9. The molecule has 0 atom stereocenters. The van der Waals surface area contributed by atoms with Crippen LogP contribution < -0.4 is 10.6 Å². The summed E-state index contributed by atoms with van der Waals surface area (Å²) in [5.41, 5.74) is 1.88. The van der Waals surface area contributed by atoms with E-state index in [1.807, 2.05) is 12.3 Å². The summed E-state index contributed by atoms with van der Waals surface area (Å²) in [7, 11) is 0. The molecule has 0 spiro atoms. The second-order valence-corrected chi connectivity index (χ2v) is 7.16. The highest BCUT2D eigenvalue weighted by molar-refractivity contribution is 7.18. The molecule has 6 heteroatoms. The van der Waals surface area contributed by atoms with Gasteiger partial charge in [0.05, 0.1) is 4.88 Å². The monoisotopic (exact) mass is 354 g/mol. The van der Waals surface area contributed by atoms with Gasteiger partial charge < -0.3 is 10.6 Å². The number of hydrogen-bond acceptors (Lipinski definition) is 5. The van der Waals surface area contributed by atoms with Crippen molar-refractivity contribution in [1.29, 1.82) is 0 Å². The first-order chi connectivity index (χ1) is 12.3. The van der Waals surface area contributed by atoms with E-state index in [0.29, 0.717) is 16.6 Å². The summed E-state index contributed by atoms with van der Waals surface area (Å²) >= 11 is 1.42. The molecule has 0 aliphatic carbocycles. The molecule has 2 N–H and O–H groups in total. The topological polar surface area (TPSA) is 49.8 Å². The van der Waals surface area contributed by atoms with Crippen LogP contribution in [0.25, 0.3) is 10.4 Å². The number of anilines is 2. The van der Waals surface area contributed by atoms with Gasteiger partial charge in [0.2, 0.25) is 0 Å². The minimum atomic E-state index is -0.233. The zero-order chi connectivity index (χ0) is 17.1. The third-order valence-electron chi connectivity index (χ3n) is 4.47. The normalized spacial score (nSPS) is 15.2. The number of thiazole rings is 1. The van der Waals surface area contributed by atoms with E-state index in [9.17, 15) is 4.39 Å². The van der Waals surface area contributed by atoms with E-state index in [1.54, 1.807) is 18.3 Å². The lowest BCUT2D eigenvalue weighted by Gasteiger charge is -2.23. The van der Waals surface area contributed by atoms with Crippen molar-refractivity contribution >= 4 is 22.3 Å². The molecule has 0 radical (unpaired) electrons. The van der Waals surface area contributed by atoms with Crippen molar-refractivity contribution in [1.82, 2.24) is 15.3 Å². The van der Waals surface area contributed by atoms with Crippen molar-refractivity contribution in [2.45, 2.75) is 18.8 Å². The quantitative estimate of drug-likeness (QED) is 0.721. The minimum Gasteiger partial charge on any atom is -0.317 e. The smallest absolute Gasteiger partial charge is 0.188 e. The van der Waals surface area contributed by atoms with Gasteiger partial charge in [0, 0.05) is 18.0 Å². The average molecular weight is 354 g/mol. The van der Waals surface area contributed by atoms with Crippen LogP contribution >= 0.6 is 11.3 Å². The maximum absolute atomic E-state index is 13.9. The van der Waals surface area contributed by atoms with Crippen LogP contribution in [0.5, 0.6) is 0 Å². The molecule has 1 aromatic carbocycles. The molecule has 0 unspecified atom stereocenters. The first kappa shape index (κ1) is 16.2. The molecule has 1 saturated heterocycles. The number of nitrogens with zero attached hydrogens (tertiary/aromatic N) is 2. The fraction of sp³-hybridized carbons (Fsp3) is 0.263. The van der Waals surface area contributed by atoms with E-state index in [2.05, 4.69) is 32.7 Å². The highest BCUT2D eigenvalue weighted by Crippen LogP contribution is 2.32. The highest BCUT2D eigenvalue weighted by atomic mass is 32.1. The van der Waals surface area contributed by atoms with Crippen LogP contribution in [0.1, 0.15) is 24.3 Å². The van der Waals surface area contributed by atoms with Gasteiger partial charge in [-0.15, -0.1) is 0 Å². The number of halogens is 1. The molecule has 0 bridgehead atoms. The molecule has 4 nitrogen and oxygen atoms in total. The Morgan fingerprint density at radius 3 is 2.80 bits per heavy atom. The molecule has 1 aliphatic rings. The Labute approximate surface area is 150 Å². The van der Waals surface area contributed by atoms with E-state index in [1.165, 1.54) is 23.0 Å². The second-order valence-electron chi connectivity index (χ2n) is 6.13. The zero-order valence-electron chi connectivity index (χ0n) is 13.7. The number of piperidine rings is 1. The van der Waals surface area contributed by atoms with E-state index >= 15 is 0 Å². The van der Waals surface area contributed by atoms with Gasteiger partial charge in [-0.25, -0.2) is 14.4 Å². The Morgan fingerprint density at radius 2 is 1.96 bits per heavy atom. The molecular formula is C19H19FN4S. The van der Waals surface area contributed by atoms with Crippen molar-refractivity contribution in [2.75, 3.05) is 18.4 Å². The van der Waals surface area contributed by atoms with Gasteiger partial charge in [0.1, 0.15) is 11.6 Å². The standard InChI is InChI=1S/C19H19FN4S/c20-16-4-2-1-3-15(16)17-12-23-19(25-17)24-18-11-14(7-10-22-18)13-5-8-21-9-6-13/h1-4,7,10-13,21H,5-6,8-9H2,(H,22,23,24). The van der Waals surface area contributed by atoms with Crippen LogP contribution in [0.4, 0.5) is 15.3 Å². The third kappa shape index (κ3) is 3.70. The molecule has 0 amide bonds. The van der Waals surface area contributed by atoms with Crippen molar-refractivity contribution in [2.24, 2.45) is 0 Å². The van der Waals surface area contributed by atoms with Crippen molar-refractivity contribution in [3.63, 3.8) is 0 Å². The predicted octanol–water partition coefficient (Wildman–Crippen LogP) is 4.55. The van der Waals surface area contributed by atoms with Crippen LogP contribution in [-0.2, 0) is 0 Å². The lowest BCUT2D eigenvalue weighted by molar-refractivity contribution is 0.460. The molecule has 3 aromatic rings. The summed E-state index contributed by atoms with van der Waals surface area (Å²) < 4.78 is 13.9. The highest BCUT2D eigenvalue weighted by Gasteiger charge is 2.16. The zero-order valence-corrected chi connectivity index (χ0v) is 14.5. The van der Waals surface area contributed by atoms with Gasteiger partial charge in [-0.2, -0.15) is 0 Å². The summed E-state index contributed by atoms with van der Waals surface area (Å²) in [6.07, 6.45) is 5.84. The Balaban J connectivity index is 1.52. The van der Waals surface area contributed by atoms with Gasteiger partial charge in [-0.1, -0.05) is 29.5 Å². The Bertz CT molecular complexity index is 858. The Kier molecular flexibility index (Phi) is 4.72. The molecule has 1 aliphatic heterocycles.